The average molecular weight is 480 g/mol. The van der Waals surface area contributed by atoms with Gasteiger partial charge in [-0.1, -0.05) is 43.3 Å². The minimum absolute atomic E-state index is 0.0159. The second-order valence-corrected chi connectivity index (χ2v) is 7.70. The molecule has 0 heterocycles. The maximum atomic E-state index is 14.7. The molecule has 0 radical (unpaired) electrons. The lowest BCUT2D eigenvalue weighted by molar-refractivity contribution is 0.0727. The molecule has 0 unspecified atom stereocenters. The highest BCUT2D eigenvalue weighted by Crippen LogP contribution is 2.32. The van der Waals surface area contributed by atoms with Crippen LogP contribution < -0.4 is 9.47 Å². The van der Waals surface area contributed by atoms with Crippen LogP contribution in [0.1, 0.15) is 22.8 Å². The van der Waals surface area contributed by atoms with Gasteiger partial charge in [0.15, 0.2) is 23.1 Å². The van der Waals surface area contributed by atoms with Crippen LogP contribution >= 0.6 is 0 Å². The summed E-state index contributed by atoms with van der Waals surface area (Å²) in [6.45, 7) is 1.99. The highest BCUT2D eigenvalue weighted by Gasteiger charge is 2.20. The summed E-state index contributed by atoms with van der Waals surface area (Å²) in [7, 11) is 1.23. The van der Waals surface area contributed by atoms with Crippen LogP contribution in [0.15, 0.2) is 72.8 Å². The molecule has 0 saturated heterocycles. The first-order valence-electron chi connectivity index (χ1n) is 10.8. The van der Waals surface area contributed by atoms with Gasteiger partial charge in [-0.05, 0) is 59.5 Å². The van der Waals surface area contributed by atoms with Gasteiger partial charge in [-0.3, -0.25) is 0 Å². The van der Waals surface area contributed by atoms with E-state index in [0.717, 1.165) is 12.0 Å². The predicted octanol–water partition coefficient (Wildman–Crippen LogP) is 7.37. The lowest BCUT2D eigenvalue weighted by Crippen LogP contribution is -2.10. The molecule has 0 aliphatic carbocycles. The molecule has 7 heteroatoms. The third-order valence-corrected chi connectivity index (χ3v) is 5.62. The number of ether oxygens (including phenoxy) is 2. The Morgan fingerprint density at radius 2 is 1.14 bits per heavy atom. The minimum atomic E-state index is -1.29. The SMILES string of the molecule is CCc1ccc(-c2ccc(OC(=O)c3ccc(-c4ccc(OC)c(F)c4F)cc3)c(F)c2F)cc1. The molecule has 3 nitrogen and oxygen atoms in total. The van der Waals surface area contributed by atoms with E-state index < -0.39 is 35.0 Å². The minimum Gasteiger partial charge on any atom is -0.494 e. The molecular formula is C28H20F4O3. The molecule has 178 valence electrons. The van der Waals surface area contributed by atoms with Gasteiger partial charge in [0, 0.05) is 11.1 Å². The summed E-state index contributed by atoms with van der Waals surface area (Å²) in [6, 6.07) is 17.6. The smallest absolute Gasteiger partial charge is 0.343 e. The van der Waals surface area contributed by atoms with Gasteiger partial charge in [-0.25, -0.2) is 13.6 Å². The molecular weight excluding hydrogens is 460 g/mol. The summed E-state index contributed by atoms with van der Waals surface area (Å²) in [5.41, 5.74) is 1.89. The number of aryl methyl sites for hydroxylation is 1. The van der Waals surface area contributed by atoms with Gasteiger partial charge in [-0.2, -0.15) is 8.78 Å². The van der Waals surface area contributed by atoms with Crippen molar-refractivity contribution in [3.63, 3.8) is 0 Å². The van der Waals surface area contributed by atoms with Gasteiger partial charge >= 0.3 is 5.97 Å². The van der Waals surface area contributed by atoms with Crippen LogP contribution in [0.25, 0.3) is 22.3 Å². The summed E-state index contributed by atoms with van der Waals surface area (Å²) in [5.74, 6) is -6.37. The van der Waals surface area contributed by atoms with E-state index in [-0.39, 0.29) is 22.4 Å². The van der Waals surface area contributed by atoms with Gasteiger partial charge in [0.05, 0.1) is 12.7 Å². The number of rotatable bonds is 6. The van der Waals surface area contributed by atoms with Crippen LogP contribution in [0.5, 0.6) is 11.5 Å². The third-order valence-electron chi connectivity index (χ3n) is 5.62. The zero-order valence-electron chi connectivity index (χ0n) is 18.9. The molecule has 0 fully saturated rings. The Balaban J connectivity index is 1.54. The first-order chi connectivity index (χ1) is 16.8. The number of methoxy groups -OCH3 is 1. The van der Waals surface area contributed by atoms with E-state index in [9.17, 15) is 22.4 Å². The van der Waals surface area contributed by atoms with Gasteiger partial charge in [0.1, 0.15) is 0 Å². The molecule has 4 aromatic rings. The Hall–Kier alpha value is -4.13. The lowest BCUT2D eigenvalue weighted by atomic mass is 10.0. The van der Waals surface area contributed by atoms with E-state index >= 15 is 0 Å². The van der Waals surface area contributed by atoms with Crippen LogP contribution in [0, 0.1) is 23.3 Å². The fourth-order valence-electron chi connectivity index (χ4n) is 3.61. The predicted molar refractivity (Wildman–Crippen MR) is 124 cm³/mol. The largest absolute Gasteiger partial charge is 0.494 e. The van der Waals surface area contributed by atoms with Crippen molar-refractivity contribution < 1.29 is 31.8 Å². The number of carbonyl (C=O) groups is 1. The molecule has 0 aliphatic heterocycles. The van der Waals surface area contributed by atoms with Crippen molar-refractivity contribution in [3.8, 4) is 33.8 Å². The van der Waals surface area contributed by atoms with E-state index in [4.69, 9.17) is 9.47 Å². The summed E-state index contributed by atoms with van der Waals surface area (Å²) in [4.78, 5) is 12.5. The Bertz CT molecular complexity index is 1380. The second kappa shape index (κ2) is 10.0. The molecule has 0 spiro atoms. The quantitative estimate of drug-likeness (QED) is 0.164. The summed E-state index contributed by atoms with van der Waals surface area (Å²) < 4.78 is 67.5. The first kappa shape index (κ1) is 24.0. The molecule has 0 bridgehead atoms. The molecule has 0 saturated carbocycles. The zero-order valence-corrected chi connectivity index (χ0v) is 18.9. The van der Waals surface area contributed by atoms with Crippen molar-refractivity contribution in [2.75, 3.05) is 7.11 Å². The zero-order chi connectivity index (χ0) is 25.1. The molecule has 0 atom stereocenters. The Kier molecular flexibility index (Phi) is 6.87. The Morgan fingerprint density at radius 1 is 0.657 bits per heavy atom. The van der Waals surface area contributed by atoms with Crippen LogP contribution in [-0.2, 0) is 6.42 Å². The van der Waals surface area contributed by atoms with Crippen molar-refractivity contribution >= 4 is 5.97 Å². The van der Waals surface area contributed by atoms with Crippen molar-refractivity contribution in [1.29, 1.82) is 0 Å². The van der Waals surface area contributed by atoms with Gasteiger partial charge in [0.2, 0.25) is 11.6 Å². The van der Waals surface area contributed by atoms with Crippen LogP contribution in [0.2, 0.25) is 0 Å². The normalized spacial score (nSPS) is 10.8. The highest BCUT2D eigenvalue weighted by atomic mass is 19.2. The molecule has 0 aromatic heterocycles. The number of hydrogen-bond donors (Lipinski definition) is 0. The summed E-state index contributed by atoms with van der Waals surface area (Å²) in [6.07, 6.45) is 0.818. The van der Waals surface area contributed by atoms with E-state index in [0.29, 0.717) is 11.1 Å². The first-order valence-corrected chi connectivity index (χ1v) is 10.8. The van der Waals surface area contributed by atoms with Gasteiger partial charge in [0.25, 0.3) is 0 Å². The number of benzene rings is 4. The molecule has 0 aliphatic rings. The maximum Gasteiger partial charge on any atom is 0.343 e. The van der Waals surface area contributed by atoms with Crippen molar-refractivity contribution in [1.82, 2.24) is 0 Å². The standard InChI is InChI=1S/C28H20F4O3/c1-3-16-4-6-17(7-5-16)21-13-15-23(27(32)25(21)30)35-28(33)19-10-8-18(9-11-19)20-12-14-22(34-2)26(31)24(20)29/h4-15H,3H2,1-2H3. The third kappa shape index (κ3) is 4.75. The molecule has 35 heavy (non-hydrogen) atoms. The Labute approximate surface area is 199 Å². The van der Waals surface area contributed by atoms with Crippen LogP contribution in [0.4, 0.5) is 17.6 Å². The van der Waals surface area contributed by atoms with Crippen molar-refractivity contribution in [3.05, 3.63) is 107 Å². The van der Waals surface area contributed by atoms with Crippen LogP contribution in [0.3, 0.4) is 0 Å². The van der Waals surface area contributed by atoms with E-state index in [1.165, 1.54) is 55.6 Å². The molecule has 0 N–H and O–H groups in total. The van der Waals surface area contributed by atoms with Crippen LogP contribution in [-0.4, -0.2) is 13.1 Å². The maximum absolute atomic E-state index is 14.7. The lowest BCUT2D eigenvalue weighted by Gasteiger charge is -2.11. The summed E-state index contributed by atoms with van der Waals surface area (Å²) >= 11 is 0. The van der Waals surface area contributed by atoms with E-state index in [1.54, 1.807) is 12.1 Å². The molecule has 0 amide bonds. The monoisotopic (exact) mass is 480 g/mol. The topological polar surface area (TPSA) is 35.5 Å². The number of carbonyl (C=O) groups excluding carboxylic acids is 1. The van der Waals surface area contributed by atoms with Gasteiger partial charge < -0.3 is 9.47 Å². The van der Waals surface area contributed by atoms with Gasteiger partial charge in [-0.15, -0.1) is 0 Å². The fraction of sp³-hybridized carbons (Fsp3) is 0.107. The van der Waals surface area contributed by atoms with Crippen molar-refractivity contribution in [2.24, 2.45) is 0 Å². The van der Waals surface area contributed by atoms with E-state index in [1.807, 2.05) is 19.1 Å². The Morgan fingerprint density at radius 3 is 1.66 bits per heavy atom. The fourth-order valence-corrected chi connectivity index (χ4v) is 3.61. The summed E-state index contributed by atoms with van der Waals surface area (Å²) in [5, 5.41) is 0. The molecule has 4 rings (SSSR count). The highest BCUT2D eigenvalue weighted by molar-refractivity contribution is 5.91. The number of halogens is 4. The number of esters is 1. The van der Waals surface area contributed by atoms with E-state index in [2.05, 4.69) is 0 Å². The number of hydrogen-bond acceptors (Lipinski definition) is 3. The average Bonchev–Trinajstić information content (AvgIpc) is 2.88. The molecule has 4 aromatic carbocycles. The van der Waals surface area contributed by atoms with Crippen molar-refractivity contribution in [2.45, 2.75) is 13.3 Å². The second-order valence-electron chi connectivity index (χ2n) is 7.70.